The summed E-state index contributed by atoms with van der Waals surface area (Å²) in [5, 5.41) is 5.76. The summed E-state index contributed by atoms with van der Waals surface area (Å²) in [4.78, 5) is 24.5. The molecule has 3 rings (SSSR count). The van der Waals surface area contributed by atoms with Gasteiger partial charge < -0.3 is 5.32 Å². The van der Waals surface area contributed by atoms with Crippen molar-refractivity contribution in [2.45, 2.75) is 48.2 Å². The third-order valence-electron chi connectivity index (χ3n) is 3.67. The molecule has 0 spiro atoms. The maximum absolute atomic E-state index is 12.1. The van der Waals surface area contributed by atoms with Crippen LogP contribution in [0.15, 0.2) is 28.3 Å². The van der Waals surface area contributed by atoms with E-state index in [2.05, 4.69) is 25.6 Å². The van der Waals surface area contributed by atoms with Gasteiger partial charge in [0.1, 0.15) is 10.0 Å². The number of hydrogen-bond donors (Lipinski definition) is 1. The fourth-order valence-corrected chi connectivity index (χ4v) is 4.82. The molecule has 1 aliphatic carbocycles. The Kier molecular flexibility index (Phi) is 5.04. The molecule has 1 aliphatic rings. The molecule has 0 bridgehead atoms. The summed E-state index contributed by atoms with van der Waals surface area (Å²) in [7, 11) is 0. The summed E-state index contributed by atoms with van der Waals surface area (Å²) >= 11 is 3.59. The van der Waals surface area contributed by atoms with Crippen LogP contribution in [-0.2, 0) is 0 Å². The summed E-state index contributed by atoms with van der Waals surface area (Å²) in [5.74, 6) is -0.125. The average molecular weight is 334 g/mol. The van der Waals surface area contributed by atoms with Gasteiger partial charge in [-0.15, -0.1) is 11.3 Å². The van der Waals surface area contributed by atoms with E-state index in [-0.39, 0.29) is 11.9 Å². The van der Waals surface area contributed by atoms with E-state index in [1.165, 1.54) is 6.20 Å². The van der Waals surface area contributed by atoms with Crippen LogP contribution in [0, 0.1) is 6.92 Å². The molecule has 0 aliphatic heterocycles. The lowest BCUT2D eigenvalue weighted by atomic mass is 9.95. The number of aryl methyl sites for hydroxylation is 1. The molecular weight excluding hydrogens is 316 g/mol. The molecule has 2 aromatic rings. The Labute approximate surface area is 138 Å². The van der Waals surface area contributed by atoms with Crippen molar-refractivity contribution in [1.82, 2.24) is 20.3 Å². The van der Waals surface area contributed by atoms with Crippen molar-refractivity contribution >= 4 is 29.0 Å². The standard InChI is InChI=1S/C15H18N4OS2/c1-10-9-21-15(18-10)22-12-4-2-11(3-5-12)19-14(20)13-8-16-6-7-17-13/h6-9,11-12H,2-5H2,1H3,(H,19,20). The molecule has 0 atom stereocenters. The minimum atomic E-state index is -0.125. The Hall–Kier alpha value is -1.47. The molecule has 22 heavy (non-hydrogen) atoms. The van der Waals surface area contributed by atoms with Crippen LogP contribution in [0.2, 0.25) is 0 Å². The highest BCUT2D eigenvalue weighted by Crippen LogP contribution is 2.35. The number of hydrogen-bond acceptors (Lipinski definition) is 6. The fraction of sp³-hybridized carbons (Fsp3) is 0.467. The number of thioether (sulfide) groups is 1. The highest BCUT2D eigenvalue weighted by molar-refractivity contribution is 8.01. The van der Waals surface area contributed by atoms with Gasteiger partial charge in [-0.3, -0.25) is 9.78 Å². The van der Waals surface area contributed by atoms with Gasteiger partial charge in [0.25, 0.3) is 5.91 Å². The van der Waals surface area contributed by atoms with Crippen molar-refractivity contribution in [1.29, 1.82) is 0 Å². The predicted molar refractivity (Wildman–Crippen MR) is 88.3 cm³/mol. The molecule has 1 fully saturated rings. The Bertz CT molecular complexity index is 623. The predicted octanol–water partition coefficient (Wildman–Crippen LogP) is 3.07. The van der Waals surface area contributed by atoms with Gasteiger partial charge in [0.2, 0.25) is 0 Å². The molecular formula is C15H18N4OS2. The van der Waals surface area contributed by atoms with Crippen molar-refractivity contribution in [3.63, 3.8) is 0 Å². The number of carbonyl (C=O) groups excluding carboxylic acids is 1. The third kappa shape index (κ3) is 4.04. The summed E-state index contributed by atoms with van der Waals surface area (Å²) in [6.07, 6.45) is 8.84. The van der Waals surface area contributed by atoms with E-state index in [1.807, 2.05) is 18.7 Å². The molecule has 0 saturated heterocycles. The van der Waals surface area contributed by atoms with Crippen LogP contribution in [0.4, 0.5) is 0 Å². The van der Waals surface area contributed by atoms with Gasteiger partial charge in [0.05, 0.1) is 6.20 Å². The summed E-state index contributed by atoms with van der Waals surface area (Å²) in [5.41, 5.74) is 1.48. The van der Waals surface area contributed by atoms with Gasteiger partial charge in [-0.05, 0) is 32.6 Å². The van der Waals surface area contributed by atoms with Crippen molar-refractivity contribution in [3.8, 4) is 0 Å². The maximum Gasteiger partial charge on any atom is 0.271 e. The van der Waals surface area contributed by atoms with Crippen molar-refractivity contribution < 1.29 is 4.79 Å². The van der Waals surface area contributed by atoms with Gasteiger partial charge in [0, 0.05) is 34.8 Å². The molecule has 0 radical (unpaired) electrons. The summed E-state index contributed by atoms with van der Waals surface area (Å²) < 4.78 is 1.16. The molecule has 7 heteroatoms. The first-order valence-electron chi connectivity index (χ1n) is 7.36. The monoisotopic (exact) mass is 334 g/mol. The number of aromatic nitrogens is 3. The Morgan fingerprint density at radius 3 is 2.77 bits per heavy atom. The minimum absolute atomic E-state index is 0.125. The summed E-state index contributed by atoms with van der Waals surface area (Å²) in [6.45, 7) is 2.03. The van der Waals surface area contributed by atoms with Crippen molar-refractivity contribution in [3.05, 3.63) is 35.4 Å². The number of thiazole rings is 1. The zero-order chi connectivity index (χ0) is 15.4. The normalized spacial score (nSPS) is 21.5. The first kappa shape index (κ1) is 15.4. The zero-order valence-electron chi connectivity index (χ0n) is 12.4. The van der Waals surface area contributed by atoms with Gasteiger partial charge >= 0.3 is 0 Å². The van der Waals surface area contributed by atoms with Crippen LogP contribution >= 0.6 is 23.1 Å². The quantitative estimate of drug-likeness (QED) is 0.930. The number of nitrogens with zero attached hydrogens (tertiary/aromatic N) is 3. The van der Waals surface area contributed by atoms with Crippen LogP contribution in [0.25, 0.3) is 0 Å². The Balaban J connectivity index is 1.46. The lowest BCUT2D eigenvalue weighted by molar-refractivity contribution is 0.0922. The van der Waals surface area contributed by atoms with Gasteiger partial charge in [0.15, 0.2) is 0 Å². The van der Waals surface area contributed by atoms with Crippen LogP contribution in [0.1, 0.15) is 41.9 Å². The highest BCUT2D eigenvalue weighted by Gasteiger charge is 2.24. The Morgan fingerprint density at radius 2 is 2.14 bits per heavy atom. The lowest BCUT2D eigenvalue weighted by Crippen LogP contribution is -2.38. The topological polar surface area (TPSA) is 67.8 Å². The molecule has 2 aromatic heterocycles. The number of amides is 1. The van der Waals surface area contributed by atoms with Crippen LogP contribution < -0.4 is 5.32 Å². The first-order valence-corrected chi connectivity index (χ1v) is 9.12. The molecule has 1 amide bonds. The zero-order valence-corrected chi connectivity index (χ0v) is 14.0. The summed E-state index contributed by atoms with van der Waals surface area (Å²) in [6, 6.07) is 0.240. The molecule has 1 N–H and O–H groups in total. The van der Waals surface area contributed by atoms with Gasteiger partial charge in [-0.2, -0.15) is 0 Å². The lowest BCUT2D eigenvalue weighted by Gasteiger charge is -2.28. The largest absolute Gasteiger partial charge is 0.348 e. The average Bonchev–Trinajstić information content (AvgIpc) is 2.95. The second kappa shape index (κ2) is 7.19. The molecule has 5 nitrogen and oxygen atoms in total. The highest BCUT2D eigenvalue weighted by atomic mass is 32.2. The fourth-order valence-electron chi connectivity index (χ4n) is 2.53. The van der Waals surface area contributed by atoms with Gasteiger partial charge in [-0.25, -0.2) is 9.97 Å². The van der Waals surface area contributed by atoms with E-state index >= 15 is 0 Å². The van der Waals surface area contributed by atoms with Crippen molar-refractivity contribution in [2.75, 3.05) is 0 Å². The van der Waals surface area contributed by atoms with Crippen molar-refractivity contribution in [2.24, 2.45) is 0 Å². The van der Waals surface area contributed by atoms with Crippen LogP contribution in [0.3, 0.4) is 0 Å². The molecule has 0 aromatic carbocycles. The molecule has 0 unspecified atom stereocenters. The van der Waals surface area contributed by atoms with E-state index < -0.39 is 0 Å². The Morgan fingerprint density at radius 1 is 1.32 bits per heavy atom. The number of rotatable bonds is 4. The van der Waals surface area contributed by atoms with E-state index in [0.29, 0.717) is 10.9 Å². The SMILES string of the molecule is Cc1csc(SC2CCC(NC(=O)c3cnccn3)CC2)n1. The van der Waals surface area contributed by atoms with Crippen LogP contribution in [0.5, 0.6) is 0 Å². The minimum Gasteiger partial charge on any atom is -0.348 e. The maximum atomic E-state index is 12.1. The molecule has 116 valence electrons. The first-order chi connectivity index (χ1) is 10.7. The van der Waals surface area contributed by atoms with Gasteiger partial charge in [-0.1, -0.05) is 11.8 Å². The van der Waals surface area contributed by atoms with Crippen LogP contribution in [-0.4, -0.2) is 32.2 Å². The molecule has 2 heterocycles. The number of nitrogens with one attached hydrogen (secondary N) is 1. The smallest absolute Gasteiger partial charge is 0.271 e. The van der Waals surface area contributed by atoms with E-state index in [0.717, 1.165) is 35.7 Å². The van der Waals surface area contributed by atoms with E-state index in [4.69, 9.17) is 0 Å². The second-order valence-electron chi connectivity index (χ2n) is 5.41. The number of carbonyl (C=O) groups is 1. The molecule has 1 saturated carbocycles. The van der Waals surface area contributed by atoms with E-state index in [1.54, 1.807) is 23.7 Å². The third-order valence-corrected chi connectivity index (χ3v) is 6.10. The second-order valence-corrected chi connectivity index (χ2v) is 7.82. The van der Waals surface area contributed by atoms with E-state index in [9.17, 15) is 4.79 Å².